The molecule has 100 valence electrons. The number of hydrogen-bond donors (Lipinski definition) is 2. The summed E-state index contributed by atoms with van der Waals surface area (Å²) < 4.78 is 5.00. The Bertz CT molecular complexity index is 460. The van der Waals surface area contributed by atoms with Gasteiger partial charge in [-0.1, -0.05) is 26.0 Å². The van der Waals surface area contributed by atoms with Crippen LogP contribution in [0, 0.1) is 12.3 Å². The van der Waals surface area contributed by atoms with Crippen molar-refractivity contribution < 1.29 is 14.6 Å². The highest BCUT2D eigenvalue weighted by Gasteiger charge is 2.37. The summed E-state index contributed by atoms with van der Waals surface area (Å²) in [6.07, 6.45) is -0.389. The first kappa shape index (κ1) is 14.6. The average molecular weight is 272 g/mol. The third kappa shape index (κ3) is 2.70. The molecular formula is C13H18ClNO3. The second-order valence-electron chi connectivity index (χ2n) is 5.19. The van der Waals surface area contributed by atoms with Gasteiger partial charge in [-0.2, -0.15) is 0 Å². The van der Waals surface area contributed by atoms with Crippen LogP contribution in [0.15, 0.2) is 18.2 Å². The van der Waals surface area contributed by atoms with Crippen molar-refractivity contribution in [2.75, 3.05) is 6.61 Å². The molecule has 4 nitrogen and oxygen atoms in total. The Labute approximate surface area is 113 Å². The molecule has 18 heavy (non-hydrogen) atoms. The van der Waals surface area contributed by atoms with Gasteiger partial charge in [0.1, 0.15) is 12.4 Å². The normalized spacial score (nSPS) is 21.5. The molecule has 1 aromatic carbocycles. The van der Waals surface area contributed by atoms with Gasteiger partial charge in [0, 0.05) is 5.41 Å². The second-order valence-corrected chi connectivity index (χ2v) is 5.19. The molecule has 0 aromatic heterocycles. The van der Waals surface area contributed by atoms with E-state index < -0.39 is 0 Å². The van der Waals surface area contributed by atoms with Crippen molar-refractivity contribution in [1.82, 2.24) is 5.32 Å². The third-order valence-corrected chi connectivity index (χ3v) is 3.17. The topological polar surface area (TPSA) is 58.6 Å². The van der Waals surface area contributed by atoms with Crippen molar-refractivity contribution in [2.45, 2.75) is 26.8 Å². The molecule has 1 aliphatic heterocycles. The van der Waals surface area contributed by atoms with E-state index >= 15 is 0 Å². The van der Waals surface area contributed by atoms with Crippen LogP contribution >= 0.6 is 12.4 Å². The van der Waals surface area contributed by atoms with Gasteiger partial charge in [-0.15, -0.1) is 12.4 Å². The number of hydrogen-bond acceptors (Lipinski definition) is 3. The zero-order chi connectivity index (χ0) is 12.6. The number of carbonyl (C=O) groups excluding carboxylic acids is 1. The Balaban J connectivity index is 0.00000162. The maximum Gasteiger partial charge on any atom is 0.407 e. The minimum atomic E-state index is -0.389. The quantitative estimate of drug-likeness (QED) is 0.826. The van der Waals surface area contributed by atoms with Crippen LogP contribution in [-0.4, -0.2) is 17.8 Å². The minimum Gasteiger partial charge on any atom is -0.508 e. The molecule has 1 aliphatic rings. The number of phenols is 1. The van der Waals surface area contributed by atoms with E-state index in [0.717, 1.165) is 11.1 Å². The number of benzene rings is 1. The SMILES string of the molecule is Cc1cc([C@H]2NC(=O)OCC2(C)C)ccc1O.Cl. The van der Waals surface area contributed by atoms with Gasteiger partial charge in [-0.05, 0) is 24.1 Å². The molecule has 1 amide bonds. The Morgan fingerprint density at radius 3 is 2.72 bits per heavy atom. The first-order valence-corrected chi connectivity index (χ1v) is 5.63. The fraction of sp³-hybridized carbons (Fsp3) is 0.462. The van der Waals surface area contributed by atoms with Crippen LogP contribution in [0.2, 0.25) is 0 Å². The molecule has 5 heteroatoms. The first-order chi connectivity index (χ1) is 7.90. The standard InChI is InChI=1S/C13H17NO3.ClH/c1-8-6-9(4-5-10(8)15)11-13(2,3)7-17-12(16)14-11;/h4-6,11,15H,7H2,1-3H3,(H,14,16);1H/t11-;/m1./s1. The number of amides is 1. The van der Waals surface area contributed by atoms with Crippen molar-refractivity contribution in [3.8, 4) is 5.75 Å². The van der Waals surface area contributed by atoms with Gasteiger partial charge >= 0.3 is 6.09 Å². The Hall–Kier alpha value is -1.42. The molecule has 1 fully saturated rings. The number of alkyl carbamates (subject to hydrolysis) is 1. The van der Waals surface area contributed by atoms with E-state index in [1.165, 1.54) is 0 Å². The van der Waals surface area contributed by atoms with Gasteiger partial charge < -0.3 is 15.2 Å². The van der Waals surface area contributed by atoms with Gasteiger partial charge in [0.25, 0.3) is 0 Å². The van der Waals surface area contributed by atoms with Crippen LogP contribution in [0.1, 0.15) is 31.0 Å². The van der Waals surface area contributed by atoms with Crippen LogP contribution < -0.4 is 5.32 Å². The van der Waals surface area contributed by atoms with Gasteiger partial charge in [-0.25, -0.2) is 4.79 Å². The number of rotatable bonds is 1. The van der Waals surface area contributed by atoms with Crippen LogP contribution in [0.3, 0.4) is 0 Å². The number of phenolic OH excluding ortho intramolecular Hbond substituents is 1. The highest BCUT2D eigenvalue weighted by atomic mass is 35.5. The predicted octanol–water partition coefficient (Wildman–Crippen LogP) is 2.93. The number of aromatic hydroxyl groups is 1. The summed E-state index contributed by atoms with van der Waals surface area (Å²) >= 11 is 0. The molecule has 0 unspecified atom stereocenters. The van der Waals surface area contributed by atoms with E-state index in [0.29, 0.717) is 6.61 Å². The molecule has 0 aliphatic carbocycles. The van der Waals surface area contributed by atoms with Crippen molar-refractivity contribution in [2.24, 2.45) is 5.41 Å². The highest BCUT2D eigenvalue weighted by Crippen LogP contribution is 2.37. The van der Waals surface area contributed by atoms with E-state index in [-0.39, 0.29) is 35.7 Å². The van der Waals surface area contributed by atoms with Crippen LogP contribution in [0.4, 0.5) is 4.79 Å². The van der Waals surface area contributed by atoms with Crippen LogP contribution in [0.5, 0.6) is 5.75 Å². The maximum atomic E-state index is 11.3. The Morgan fingerprint density at radius 2 is 2.11 bits per heavy atom. The number of cyclic esters (lactones) is 1. The smallest absolute Gasteiger partial charge is 0.407 e. The average Bonchev–Trinajstić information content (AvgIpc) is 2.26. The van der Waals surface area contributed by atoms with E-state index in [1.54, 1.807) is 6.07 Å². The lowest BCUT2D eigenvalue weighted by Crippen LogP contribution is -2.46. The van der Waals surface area contributed by atoms with E-state index in [9.17, 15) is 9.90 Å². The number of halogens is 1. The molecule has 1 heterocycles. The summed E-state index contributed by atoms with van der Waals surface area (Å²) in [4.78, 5) is 11.3. The van der Waals surface area contributed by atoms with Crippen molar-refractivity contribution in [1.29, 1.82) is 0 Å². The van der Waals surface area contributed by atoms with E-state index in [1.807, 2.05) is 32.9 Å². The summed E-state index contributed by atoms with van der Waals surface area (Å²) in [5, 5.41) is 12.3. The number of carbonyl (C=O) groups is 1. The van der Waals surface area contributed by atoms with E-state index in [4.69, 9.17) is 4.74 Å². The molecule has 1 aromatic rings. The molecule has 0 saturated carbocycles. The number of aryl methyl sites for hydroxylation is 1. The zero-order valence-electron chi connectivity index (χ0n) is 10.7. The molecule has 2 rings (SSSR count). The number of nitrogens with one attached hydrogen (secondary N) is 1. The fourth-order valence-electron chi connectivity index (χ4n) is 2.08. The van der Waals surface area contributed by atoms with Crippen molar-refractivity contribution in [3.63, 3.8) is 0 Å². The molecule has 1 atom stereocenters. The highest BCUT2D eigenvalue weighted by molar-refractivity contribution is 5.85. The third-order valence-electron chi connectivity index (χ3n) is 3.17. The molecule has 0 bridgehead atoms. The summed E-state index contributed by atoms with van der Waals surface area (Å²) in [6, 6.07) is 5.29. The maximum absolute atomic E-state index is 11.3. The molecule has 2 N–H and O–H groups in total. The second kappa shape index (κ2) is 5.06. The lowest BCUT2D eigenvalue weighted by atomic mass is 9.80. The van der Waals surface area contributed by atoms with Gasteiger partial charge in [0.2, 0.25) is 0 Å². The largest absolute Gasteiger partial charge is 0.508 e. The molecular weight excluding hydrogens is 254 g/mol. The predicted molar refractivity (Wildman–Crippen MR) is 71.1 cm³/mol. The fourth-order valence-corrected chi connectivity index (χ4v) is 2.08. The monoisotopic (exact) mass is 271 g/mol. The van der Waals surface area contributed by atoms with Gasteiger partial charge in [0.15, 0.2) is 0 Å². The Morgan fingerprint density at radius 1 is 1.44 bits per heavy atom. The summed E-state index contributed by atoms with van der Waals surface area (Å²) in [7, 11) is 0. The number of ether oxygens (including phenoxy) is 1. The summed E-state index contributed by atoms with van der Waals surface area (Å²) in [5.74, 6) is 0.268. The van der Waals surface area contributed by atoms with E-state index in [2.05, 4.69) is 5.32 Å². The van der Waals surface area contributed by atoms with Crippen molar-refractivity contribution in [3.05, 3.63) is 29.3 Å². The summed E-state index contributed by atoms with van der Waals surface area (Å²) in [5.41, 5.74) is 1.62. The Kier molecular flexibility index (Phi) is 4.12. The zero-order valence-corrected chi connectivity index (χ0v) is 11.5. The first-order valence-electron chi connectivity index (χ1n) is 5.63. The molecule has 0 spiro atoms. The van der Waals surface area contributed by atoms with Crippen LogP contribution in [0.25, 0.3) is 0 Å². The van der Waals surface area contributed by atoms with Gasteiger partial charge in [0.05, 0.1) is 6.04 Å². The van der Waals surface area contributed by atoms with Gasteiger partial charge in [-0.3, -0.25) is 0 Å². The lowest BCUT2D eigenvalue weighted by molar-refractivity contribution is 0.0387. The lowest BCUT2D eigenvalue weighted by Gasteiger charge is -2.38. The van der Waals surface area contributed by atoms with Crippen molar-refractivity contribution >= 4 is 18.5 Å². The molecule has 0 radical (unpaired) electrons. The minimum absolute atomic E-state index is 0. The molecule has 1 saturated heterocycles. The summed E-state index contributed by atoms with van der Waals surface area (Å²) in [6.45, 7) is 6.31. The van der Waals surface area contributed by atoms with Crippen LogP contribution in [-0.2, 0) is 4.74 Å².